The number of nitrogens with one attached hydrogen (secondary N) is 1. The van der Waals surface area contributed by atoms with Crippen molar-refractivity contribution >= 4 is 46.7 Å². The summed E-state index contributed by atoms with van der Waals surface area (Å²) in [5.74, 6) is 1.03. The molecule has 1 aliphatic rings. The fourth-order valence-corrected chi connectivity index (χ4v) is 5.20. The largest absolute Gasteiger partial charge is 0.353 e. The predicted molar refractivity (Wildman–Crippen MR) is 149 cm³/mol. The topological polar surface area (TPSA) is 78.4 Å². The predicted octanol–water partition coefficient (Wildman–Crippen LogP) is 5.88. The molecule has 0 bridgehead atoms. The molecule has 0 radical (unpaired) electrons. The first-order valence-electron chi connectivity index (χ1n) is 12.9. The summed E-state index contributed by atoms with van der Waals surface area (Å²) in [7, 11) is 0. The minimum atomic E-state index is -0.121. The number of unbranched alkanes of at least 4 members (excludes halogenated alkanes) is 4. The van der Waals surface area contributed by atoms with Crippen LogP contribution in [0.5, 0.6) is 0 Å². The Balaban J connectivity index is 1.52. The Bertz CT molecular complexity index is 1050. The molecule has 1 N–H and O–H groups in total. The van der Waals surface area contributed by atoms with Crippen LogP contribution < -0.4 is 10.2 Å². The zero-order chi connectivity index (χ0) is 26.1. The van der Waals surface area contributed by atoms with Crippen LogP contribution in [0, 0.1) is 13.8 Å². The van der Waals surface area contributed by atoms with Crippen molar-refractivity contribution in [1.29, 1.82) is 0 Å². The van der Waals surface area contributed by atoms with Crippen molar-refractivity contribution in [2.75, 3.05) is 35.6 Å². The molecule has 7 nitrogen and oxygen atoms in total. The van der Waals surface area contributed by atoms with Crippen molar-refractivity contribution in [3.63, 3.8) is 0 Å². The molecule has 1 aromatic heterocycles. The van der Waals surface area contributed by atoms with Gasteiger partial charge in [0, 0.05) is 43.9 Å². The smallest absolute Gasteiger partial charge is 0.234 e. The minimum Gasteiger partial charge on any atom is -0.353 e. The molecule has 3 rings (SSSR count). The standard InChI is InChI=1S/C27H38ClN5O2S/c1-5-6-7-8-9-10-26(35)33-14-13-32(17-21(33)4)24-16-23(28)30-27(31-24)36-18-25(34)29-22-12-11-19(2)20(3)15-22/h11-12,15-16,21H,5-10,13-14,17-18H2,1-4H3,(H,29,34). The number of nitrogens with zero attached hydrogens (tertiary/aromatic N) is 4. The van der Waals surface area contributed by atoms with E-state index in [-0.39, 0.29) is 23.6 Å². The Morgan fingerprint density at radius 2 is 1.86 bits per heavy atom. The molecule has 2 amide bonds. The van der Waals surface area contributed by atoms with Gasteiger partial charge >= 0.3 is 0 Å². The fraction of sp³-hybridized carbons (Fsp3) is 0.556. The molecule has 1 aromatic carbocycles. The number of hydrogen-bond donors (Lipinski definition) is 1. The third-order valence-corrected chi connectivity index (χ3v) is 7.59. The van der Waals surface area contributed by atoms with Crippen LogP contribution in [0.1, 0.15) is 63.5 Å². The minimum absolute atomic E-state index is 0.0930. The number of benzene rings is 1. The van der Waals surface area contributed by atoms with Gasteiger partial charge in [-0.05, 0) is 50.5 Å². The van der Waals surface area contributed by atoms with E-state index in [0.717, 1.165) is 29.9 Å². The molecule has 1 saturated heterocycles. The van der Waals surface area contributed by atoms with Crippen molar-refractivity contribution in [3.8, 4) is 0 Å². The average molecular weight is 532 g/mol. The molecule has 196 valence electrons. The Hall–Kier alpha value is -2.32. The third kappa shape index (κ3) is 8.37. The van der Waals surface area contributed by atoms with Crippen LogP contribution in [0.2, 0.25) is 5.15 Å². The van der Waals surface area contributed by atoms with Crippen molar-refractivity contribution < 1.29 is 9.59 Å². The van der Waals surface area contributed by atoms with Crippen LogP contribution in [-0.2, 0) is 9.59 Å². The second-order valence-electron chi connectivity index (χ2n) is 9.51. The number of thioether (sulfide) groups is 1. The van der Waals surface area contributed by atoms with E-state index in [1.807, 2.05) is 36.9 Å². The van der Waals surface area contributed by atoms with Gasteiger partial charge in [-0.1, -0.05) is 62.0 Å². The zero-order valence-electron chi connectivity index (χ0n) is 21.8. The monoisotopic (exact) mass is 531 g/mol. The number of rotatable bonds is 11. The molecule has 0 aliphatic carbocycles. The van der Waals surface area contributed by atoms with E-state index in [1.165, 1.54) is 36.6 Å². The summed E-state index contributed by atoms with van der Waals surface area (Å²) in [6.07, 6.45) is 6.36. The Kier molecular flexibility index (Phi) is 10.9. The van der Waals surface area contributed by atoms with Crippen molar-refractivity contribution in [1.82, 2.24) is 14.9 Å². The van der Waals surface area contributed by atoms with Crippen LogP contribution >= 0.6 is 23.4 Å². The van der Waals surface area contributed by atoms with Crippen molar-refractivity contribution in [2.24, 2.45) is 0 Å². The third-order valence-electron chi connectivity index (χ3n) is 6.55. The number of amides is 2. The highest BCUT2D eigenvalue weighted by Crippen LogP contribution is 2.25. The van der Waals surface area contributed by atoms with Gasteiger partial charge in [-0.2, -0.15) is 0 Å². The Morgan fingerprint density at radius 1 is 1.08 bits per heavy atom. The Labute approximate surface area is 224 Å². The van der Waals surface area contributed by atoms with Gasteiger partial charge in [0.15, 0.2) is 5.16 Å². The normalized spacial score (nSPS) is 15.8. The highest BCUT2D eigenvalue weighted by Gasteiger charge is 2.28. The molecule has 1 unspecified atom stereocenters. The lowest BCUT2D eigenvalue weighted by Crippen LogP contribution is -2.54. The van der Waals surface area contributed by atoms with Gasteiger partial charge in [0.2, 0.25) is 11.8 Å². The van der Waals surface area contributed by atoms with Gasteiger partial charge in [0.25, 0.3) is 0 Å². The van der Waals surface area contributed by atoms with Crippen LogP contribution in [0.25, 0.3) is 0 Å². The molecule has 1 aliphatic heterocycles. The van der Waals surface area contributed by atoms with E-state index >= 15 is 0 Å². The second-order valence-corrected chi connectivity index (χ2v) is 10.8. The second kappa shape index (κ2) is 13.8. The van der Waals surface area contributed by atoms with Crippen LogP contribution in [0.15, 0.2) is 29.4 Å². The molecule has 1 atom stereocenters. The summed E-state index contributed by atoms with van der Waals surface area (Å²) in [6.45, 7) is 10.4. The summed E-state index contributed by atoms with van der Waals surface area (Å²) in [4.78, 5) is 38.3. The Morgan fingerprint density at radius 3 is 2.58 bits per heavy atom. The summed E-state index contributed by atoms with van der Waals surface area (Å²) in [5, 5.41) is 3.73. The first kappa shape index (κ1) is 28.3. The molecular formula is C27H38ClN5O2S. The SMILES string of the molecule is CCCCCCCC(=O)N1CCN(c2cc(Cl)nc(SCC(=O)Nc3ccc(C)c(C)c3)n2)CC1C. The number of aromatic nitrogens is 2. The number of anilines is 2. The van der Waals surface area contributed by atoms with Crippen LogP contribution in [0.4, 0.5) is 11.5 Å². The molecule has 2 heterocycles. The lowest BCUT2D eigenvalue weighted by molar-refractivity contribution is -0.133. The van der Waals surface area contributed by atoms with E-state index < -0.39 is 0 Å². The summed E-state index contributed by atoms with van der Waals surface area (Å²) < 4.78 is 0. The number of halogens is 1. The number of aryl methyl sites for hydroxylation is 2. The van der Waals surface area contributed by atoms with E-state index in [4.69, 9.17) is 11.6 Å². The number of carbonyl (C=O) groups is 2. The molecule has 1 fully saturated rings. The van der Waals surface area contributed by atoms with Gasteiger partial charge in [0.1, 0.15) is 11.0 Å². The molecule has 0 saturated carbocycles. The molecule has 0 spiro atoms. The summed E-state index contributed by atoms with van der Waals surface area (Å²) in [5.41, 5.74) is 3.09. The van der Waals surface area contributed by atoms with Gasteiger partial charge in [-0.25, -0.2) is 9.97 Å². The van der Waals surface area contributed by atoms with Gasteiger partial charge in [0.05, 0.1) is 5.75 Å². The van der Waals surface area contributed by atoms with E-state index in [0.29, 0.717) is 36.4 Å². The van der Waals surface area contributed by atoms with Crippen LogP contribution in [-0.4, -0.2) is 58.1 Å². The maximum absolute atomic E-state index is 12.7. The van der Waals surface area contributed by atoms with Crippen molar-refractivity contribution in [3.05, 3.63) is 40.5 Å². The fourth-order valence-electron chi connectivity index (χ4n) is 4.32. The number of carbonyl (C=O) groups excluding carboxylic acids is 2. The molecule has 2 aromatic rings. The average Bonchev–Trinajstić information content (AvgIpc) is 2.84. The molecule has 36 heavy (non-hydrogen) atoms. The summed E-state index contributed by atoms with van der Waals surface area (Å²) in [6, 6.07) is 7.70. The van der Waals surface area contributed by atoms with Crippen LogP contribution in [0.3, 0.4) is 0 Å². The lowest BCUT2D eigenvalue weighted by Gasteiger charge is -2.40. The van der Waals surface area contributed by atoms with E-state index in [2.05, 4.69) is 34.0 Å². The summed E-state index contributed by atoms with van der Waals surface area (Å²) >= 11 is 7.56. The van der Waals surface area contributed by atoms with Gasteiger partial charge < -0.3 is 15.1 Å². The lowest BCUT2D eigenvalue weighted by atomic mass is 10.1. The maximum Gasteiger partial charge on any atom is 0.234 e. The van der Waals surface area contributed by atoms with Gasteiger partial charge in [-0.3, -0.25) is 9.59 Å². The number of hydrogen-bond acceptors (Lipinski definition) is 6. The molecule has 9 heteroatoms. The van der Waals surface area contributed by atoms with Crippen molar-refractivity contribution in [2.45, 2.75) is 77.4 Å². The first-order valence-corrected chi connectivity index (χ1v) is 14.2. The van der Waals surface area contributed by atoms with E-state index in [1.54, 1.807) is 6.07 Å². The zero-order valence-corrected chi connectivity index (χ0v) is 23.4. The van der Waals surface area contributed by atoms with Gasteiger partial charge in [-0.15, -0.1) is 0 Å². The van der Waals surface area contributed by atoms with E-state index in [9.17, 15) is 9.59 Å². The first-order chi connectivity index (χ1) is 17.3. The highest BCUT2D eigenvalue weighted by atomic mass is 35.5. The number of piperazine rings is 1. The molecular weight excluding hydrogens is 494 g/mol. The highest BCUT2D eigenvalue weighted by molar-refractivity contribution is 7.99. The maximum atomic E-state index is 12.7. The quantitative estimate of drug-likeness (QED) is 0.169.